The molecule has 2 N–H and O–H groups in total. The van der Waals surface area contributed by atoms with E-state index in [4.69, 9.17) is 11.6 Å². The lowest BCUT2D eigenvalue weighted by atomic mass is 9.99. The Morgan fingerprint density at radius 3 is 2.72 bits per heavy atom. The van der Waals surface area contributed by atoms with Crippen molar-refractivity contribution >= 4 is 23.9 Å². The van der Waals surface area contributed by atoms with E-state index in [0.717, 1.165) is 0 Å². The van der Waals surface area contributed by atoms with Crippen molar-refractivity contribution in [2.75, 3.05) is 6.61 Å². The molecule has 0 amide bonds. The molecule has 0 aromatic heterocycles. The van der Waals surface area contributed by atoms with Gasteiger partial charge >= 0.3 is 5.97 Å². The Hall–Kier alpha value is -1.43. The third kappa shape index (κ3) is 3.07. The van der Waals surface area contributed by atoms with Gasteiger partial charge in [0.05, 0.1) is 6.61 Å². The van der Waals surface area contributed by atoms with Crippen molar-refractivity contribution in [2.45, 2.75) is 19.1 Å². The number of carbonyl (C=O) groups is 2. The molecule has 1 aromatic carbocycles. The van der Waals surface area contributed by atoms with Crippen molar-refractivity contribution in [1.29, 1.82) is 0 Å². The van der Waals surface area contributed by atoms with Crippen LogP contribution in [0.15, 0.2) is 18.2 Å². The number of aldehydes is 1. The van der Waals surface area contributed by atoms with Crippen LogP contribution in [0.5, 0.6) is 0 Å². The average Bonchev–Trinajstić information content (AvgIpc) is 2.36. The van der Waals surface area contributed by atoms with Crippen LogP contribution in [-0.2, 0) is 9.53 Å². The molecule has 0 saturated heterocycles. The van der Waals surface area contributed by atoms with Gasteiger partial charge in [-0.2, -0.15) is 0 Å². The van der Waals surface area contributed by atoms with Crippen molar-refractivity contribution < 1.29 is 24.5 Å². The minimum atomic E-state index is -1.79. The molecule has 1 rings (SSSR count). The Bertz CT molecular complexity index is 446. The summed E-state index contributed by atoms with van der Waals surface area (Å²) in [6.07, 6.45) is -2.91. The quantitative estimate of drug-likeness (QED) is 0.620. The summed E-state index contributed by atoms with van der Waals surface area (Å²) >= 11 is 5.85. The monoisotopic (exact) mass is 272 g/mol. The third-order valence-electron chi connectivity index (χ3n) is 2.34. The molecular formula is C12H13ClO5. The summed E-state index contributed by atoms with van der Waals surface area (Å²) in [5, 5.41) is 19.6. The van der Waals surface area contributed by atoms with Crippen LogP contribution in [0.4, 0.5) is 0 Å². The smallest absolute Gasteiger partial charge is 0.338 e. The molecule has 18 heavy (non-hydrogen) atoms. The molecule has 1 aromatic rings. The highest BCUT2D eigenvalue weighted by Gasteiger charge is 2.30. The zero-order valence-corrected chi connectivity index (χ0v) is 10.4. The number of rotatable bonds is 5. The van der Waals surface area contributed by atoms with Crippen LogP contribution in [-0.4, -0.2) is 35.2 Å². The van der Waals surface area contributed by atoms with Gasteiger partial charge < -0.3 is 14.9 Å². The number of aliphatic hydroxyl groups is 2. The Balaban J connectivity index is 3.06. The molecule has 0 saturated carbocycles. The fourth-order valence-electron chi connectivity index (χ4n) is 1.48. The van der Waals surface area contributed by atoms with E-state index < -0.39 is 18.2 Å². The average molecular weight is 273 g/mol. The second kappa shape index (κ2) is 6.49. The maximum atomic E-state index is 11.3. The Labute approximate surface area is 109 Å². The first-order chi connectivity index (χ1) is 8.52. The molecule has 0 aliphatic heterocycles. The van der Waals surface area contributed by atoms with Gasteiger partial charge in [0, 0.05) is 16.1 Å². The second-order valence-corrected chi connectivity index (χ2v) is 3.91. The van der Waals surface area contributed by atoms with Crippen molar-refractivity contribution in [3.05, 3.63) is 34.3 Å². The van der Waals surface area contributed by atoms with Crippen LogP contribution in [0.1, 0.15) is 28.9 Å². The van der Waals surface area contributed by atoms with Crippen molar-refractivity contribution in [2.24, 2.45) is 0 Å². The molecule has 0 spiro atoms. The normalized spacial score (nSPS) is 13.8. The summed E-state index contributed by atoms with van der Waals surface area (Å²) in [7, 11) is 0. The summed E-state index contributed by atoms with van der Waals surface area (Å²) in [4.78, 5) is 22.1. The molecule has 0 radical (unpaired) electrons. The van der Waals surface area contributed by atoms with E-state index in [1.165, 1.54) is 18.2 Å². The van der Waals surface area contributed by atoms with E-state index in [1.54, 1.807) is 6.92 Å². The van der Waals surface area contributed by atoms with E-state index in [-0.39, 0.29) is 22.8 Å². The third-order valence-corrected chi connectivity index (χ3v) is 2.67. The van der Waals surface area contributed by atoms with Crippen LogP contribution in [0.25, 0.3) is 0 Å². The second-order valence-electron chi connectivity index (χ2n) is 3.50. The van der Waals surface area contributed by atoms with Crippen LogP contribution >= 0.6 is 11.6 Å². The lowest BCUT2D eigenvalue weighted by molar-refractivity contribution is -0.159. The Morgan fingerprint density at radius 2 is 2.17 bits per heavy atom. The molecule has 0 heterocycles. The van der Waals surface area contributed by atoms with Crippen LogP contribution in [0.3, 0.4) is 0 Å². The molecule has 0 aliphatic rings. The largest absolute Gasteiger partial charge is 0.464 e. The number of halogens is 1. The van der Waals surface area contributed by atoms with Gasteiger partial charge in [0.2, 0.25) is 0 Å². The van der Waals surface area contributed by atoms with Gasteiger partial charge in [-0.1, -0.05) is 23.7 Å². The van der Waals surface area contributed by atoms with E-state index >= 15 is 0 Å². The molecule has 2 unspecified atom stereocenters. The lowest BCUT2D eigenvalue weighted by Crippen LogP contribution is -2.30. The number of aliphatic hydroxyl groups excluding tert-OH is 2. The van der Waals surface area contributed by atoms with Gasteiger partial charge in [-0.15, -0.1) is 0 Å². The summed E-state index contributed by atoms with van der Waals surface area (Å²) in [6.45, 7) is 1.65. The van der Waals surface area contributed by atoms with E-state index in [1.807, 2.05) is 0 Å². The maximum absolute atomic E-state index is 11.3. The van der Waals surface area contributed by atoms with E-state index in [9.17, 15) is 19.8 Å². The molecule has 0 aliphatic carbocycles. The maximum Gasteiger partial charge on any atom is 0.338 e. The van der Waals surface area contributed by atoms with Crippen molar-refractivity contribution in [3.8, 4) is 0 Å². The molecule has 0 bridgehead atoms. The highest BCUT2D eigenvalue weighted by molar-refractivity contribution is 6.31. The van der Waals surface area contributed by atoms with E-state index in [0.29, 0.717) is 6.29 Å². The minimum absolute atomic E-state index is 0.00900. The number of hydrogen-bond donors (Lipinski definition) is 2. The number of carbonyl (C=O) groups excluding carboxylic acids is 2. The molecule has 6 heteroatoms. The topological polar surface area (TPSA) is 83.8 Å². The van der Waals surface area contributed by atoms with Gasteiger partial charge in [0.15, 0.2) is 6.10 Å². The first-order valence-electron chi connectivity index (χ1n) is 5.29. The summed E-state index contributed by atoms with van der Waals surface area (Å²) < 4.78 is 4.58. The number of benzene rings is 1. The van der Waals surface area contributed by atoms with Crippen LogP contribution in [0, 0.1) is 0 Å². The number of hydrogen-bond acceptors (Lipinski definition) is 5. The van der Waals surface area contributed by atoms with Crippen molar-refractivity contribution in [1.82, 2.24) is 0 Å². The molecular weight excluding hydrogens is 260 g/mol. The van der Waals surface area contributed by atoms with Gasteiger partial charge in [-0.25, -0.2) is 4.79 Å². The summed E-state index contributed by atoms with van der Waals surface area (Å²) in [6, 6.07) is 4.40. The Morgan fingerprint density at radius 1 is 1.50 bits per heavy atom. The predicted molar refractivity (Wildman–Crippen MR) is 64.4 cm³/mol. The SMILES string of the molecule is CCOC(=O)C(O)C(O)c1c(Cl)cccc1C=O. The highest BCUT2D eigenvalue weighted by atomic mass is 35.5. The standard InChI is InChI=1S/C12H13ClO5/c1-2-18-12(17)11(16)10(15)9-7(6-14)4-3-5-8(9)13/h3-6,10-11,15-16H,2H2,1H3. The van der Waals surface area contributed by atoms with Gasteiger partial charge in [0.1, 0.15) is 12.4 Å². The molecule has 0 fully saturated rings. The van der Waals surface area contributed by atoms with E-state index in [2.05, 4.69) is 4.74 Å². The minimum Gasteiger partial charge on any atom is -0.464 e. The van der Waals surface area contributed by atoms with Crippen LogP contribution in [0.2, 0.25) is 5.02 Å². The fraction of sp³-hybridized carbons (Fsp3) is 0.333. The van der Waals surface area contributed by atoms with Crippen molar-refractivity contribution in [3.63, 3.8) is 0 Å². The molecule has 5 nitrogen and oxygen atoms in total. The van der Waals surface area contributed by atoms with Gasteiger partial charge in [-0.3, -0.25) is 4.79 Å². The van der Waals surface area contributed by atoms with Gasteiger partial charge in [-0.05, 0) is 13.0 Å². The summed E-state index contributed by atoms with van der Waals surface area (Å²) in [5.41, 5.74) is 0.119. The number of esters is 1. The molecule has 2 atom stereocenters. The lowest BCUT2D eigenvalue weighted by Gasteiger charge is -2.19. The zero-order chi connectivity index (χ0) is 13.7. The predicted octanol–water partition coefficient (Wildman–Crippen LogP) is 1.11. The fourth-order valence-corrected chi connectivity index (χ4v) is 1.78. The molecule has 98 valence electrons. The first kappa shape index (κ1) is 14.6. The first-order valence-corrected chi connectivity index (χ1v) is 5.67. The number of ether oxygens (including phenoxy) is 1. The zero-order valence-electron chi connectivity index (χ0n) is 9.67. The van der Waals surface area contributed by atoms with Gasteiger partial charge in [0.25, 0.3) is 0 Å². The highest BCUT2D eigenvalue weighted by Crippen LogP contribution is 2.28. The van der Waals surface area contributed by atoms with Crippen LogP contribution < -0.4 is 0 Å². The Kier molecular flexibility index (Phi) is 5.27. The summed E-state index contributed by atoms with van der Waals surface area (Å²) in [5.74, 6) is -0.971.